The first-order chi connectivity index (χ1) is 10.7. The van der Waals surface area contributed by atoms with Gasteiger partial charge in [-0.15, -0.1) is 0 Å². The van der Waals surface area contributed by atoms with E-state index in [1.165, 1.54) is 0 Å². The molecule has 1 heterocycles. The number of hydrogen-bond acceptors (Lipinski definition) is 3. The minimum absolute atomic E-state index is 0.359. The van der Waals surface area contributed by atoms with Gasteiger partial charge in [0, 0.05) is 6.54 Å². The molecule has 0 amide bonds. The summed E-state index contributed by atoms with van der Waals surface area (Å²) in [7, 11) is 1.63. The van der Waals surface area contributed by atoms with Crippen molar-refractivity contribution in [3.05, 3.63) is 52.4 Å². The molecule has 22 heavy (non-hydrogen) atoms. The first-order valence-electron chi connectivity index (χ1n) is 7.38. The first kappa shape index (κ1) is 20.4. The van der Waals surface area contributed by atoms with E-state index in [4.69, 9.17) is 4.74 Å². The summed E-state index contributed by atoms with van der Waals surface area (Å²) in [6.45, 7) is 8.58. The Morgan fingerprint density at radius 2 is 1.64 bits per heavy atom. The summed E-state index contributed by atoms with van der Waals surface area (Å²) in [5, 5.41) is 3.05. The number of rotatable bonds is 4. The van der Waals surface area contributed by atoms with Crippen molar-refractivity contribution in [2.45, 2.75) is 34.2 Å². The fourth-order valence-corrected chi connectivity index (χ4v) is 1.67. The topological polar surface area (TPSA) is 34.1 Å². The van der Waals surface area contributed by atoms with Gasteiger partial charge < -0.3 is 10.1 Å². The Hall–Kier alpha value is -1.62. The lowest BCUT2D eigenvalue weighted by Gasteiger charge is -2.07. The molecule has 122 valence electrons. The summed E-state index contributed by atoms with van der Waals surface area (Å²) in [5.74, 6) is 0.799. The third-order valence-electron chi connectivity index (χ3n) is 2.44. The highest BCUT2D eigenvalue weighted by Crippen LogP contribution is 2.17. The second kappa shape index (κ2) is 12.0. The van der Waals surface area contributed by atoms with Crippen LogP contribution in [0, 0.1) is 5.95 Å². The van der Waals surface area contributed by atoms with Gasteiger partial charge in [0.05, 0.1) is 11.6 Å². The van der Waals surface area contributed by atoms with E-state index in [0.29, 0.717) is 16.8 Å². The maximum atomic E-state index is 13.2. The largest absolute Gasteiger partial charge is 0.497 e. The molecule has 0 saturated heterocycles. The molecule has 0 fully saturated rings. The van der Waals surface area contributed by atoms with Crippen LogP contribution in [-0.4, -0.2) is 12.1 Å². The molecule has 5 heteroatoms. The Kier molecular flexibility index (Phi) is 11.1. The number of anilines is 1. The Morgan fingerprint density at radius 1 is 1.05 bits per heavy atom. The molecule has 0 radical (unpaired) electrons. The van der Waals surface area contributed by atoms with Crippen LogP contribution in [0.15, 0.2) is 40.9 Å². The van der Waals surface area contributed by atoms with E-state index in [2.05, 4.69) is 26.2 Å². The number of methoxy groups -OCH3 is 1. The number of aromatic nitrogens is 1. The molecule has 0 aliphatic carbocycles. The number of pyridine rings is 1. The van der Waals surface area contributed by atoms with Crippen LogP contribution < -0.4 is 10.1 Å². The SMILES string of the molecule is CC.CC.COc1ccc(CNc2ccc(Br)c(F)n2)cc1. The molecule has 0 saturated carbocycles. The van der Waals surface area contributed by atoms with E-state index in [-0.39, 0.29) is 0 Å². The Labute approximate surface area is 141 Å². The van der Waals surface area contributed by atoms with Gasteiger partial charge in [-0.1, -0.05) is 39.8 Å². The molecule has 1 aromatic heterocycles. The predicted molar refractivity (Wildman–Crippen MR) is 94.9 cm³/mol. The molecule has 0 bridgehead atoms. The third-order valence-corrected chi connectivity index (χ3v) is 3.03. The number of nitrogens with one attached hydrogen (secondary N) is 1. The van der Waals surface area contributed by atoms with Crippen LogP contribution in [0.5, 0.6) is 5.75 Å². The Balaban J connectivity index is 0.00000102. The van der Waals surface area contributed by atoms with Gasteiger partial charge in [-0.3, -0.25) is 0 Å². The van der Waals surface area contributed by atoms with Gasteiger partial charge in [-0.25, -0.2) is 4.98 Å². The van der Waals surface area contributed by atoms with Crippen LogP contribution in [0.1, 0.15) is 33.3 Å². The van der Waals surface area contributed by atoms with Crippen molar-refractivity contribution in [2.24, 2.45) is 0 Å². The average molecular weight is 371 g/mol. The van der Waals surface area contributed by atoms with Gasteiger partial charge in [-0.2, -0.15) is 4.39 Å². The summed E-state index contributed by atoms with van der Waals surface area (Å²) in [6.07, 6.45) is 0. The van der Waals surface area contributed by atoms with E-state index in [1.807, 2.05) is 52.0 Å². The summed E-state index contributed by atoms with van der Waals surface area (Å²) in [4.78, 5) is 3.77. The fraction of sp³-hybridized carbons (Fsp3) is 0.353. The number of hydrogen-bond donors (Lipinski definition) is 1. The van der Waals surface area contributed by atoms with Gasteiger partial charge in [0.1, 0.15) is 11.6 Å². The van der Waals surface area contributed by atoms with Crippen LogP contribution in [-0.2, 0) is 6.54 Å². The Bertz CT molecular complexity index is 533. The lowest BCUT2D eigenvalue weighted by molar-refractivity contribution is 0.414. The van der Waals surface area contributed by atoms with Crippen molar-refractivity contribution in [3.8, 4) is 5.75 Å². The molecule has 0 aliphatic heterocycles. The monoisotopic (exact) mass is 370 g/mol. The van der Waals surface area contributed by atoms with Crippen LogP contribution in [0.25, 0.3) is 0 Å². The third kappa shape index (κ3) is 6.89. The number of ether oxygens (including phenoxy) is 1. The molecule has 2 aromatic rings. The van der Waals surface area contributed by atoms with Gasteiger partial charge in [0.15, 0.2) is 0 Å². The van der Waals surface area contributed by atoms with Crippen molar-refractivity contribution >= 4 is 21.7 Å². The molecule has 0 spiro atoms. The van der Waals surface area contributed by atoms with Crippen LogP contribution in [0.3, 0.4) is 0 Å². The van der Waals surface area contributed by atoms with E-state index < -0.39 is 5.95 Å². The van der Waals surface area contributed by atoms with E-state index in [1.54, 1.807) is 19.2 Å². The predicted octanol–water partition coefficient (Wildman–Crippen LogP) is 5.66. The number of halogens is 2. The zero-order chi connectivity index (χ0) is 17.0. The highest BCUT2D eigenvalue weighted by molar-refractivity contribution is 9.10. The van der Waals surface area contributed by atoms with Crippen molar-refractivity contribution < 1.29 is 9.13 Å². The van der Waals surface area contributed by atoms with Gasteiger partial charge in [-0.05, 0) is 45.8 Å². The van der Waals surface area contributed by atoms with Crippen molar-refractivity contribution in [1.29, 1.82) is 0 Å². The van der Waals surface area contributed by atoms with Gasteiger partial charge in [0.2, 0.25) is 5.95 Å². The molecule has 2 rings (SSSR count). The first-order valence-corrected chi connectivity index (χ1v) is 8.17. The molecule has 0 unspecified atom stereocenters. The maximum Gasteiger partial charge on any atom is 0.229 e. The zero-order valence-corrected chi connectivity index (χ0v) is 15.4. The van der Waals surface area contributed by atoms with Crippen molar-refractivity contribution in [1.82, 2.24) is 4.98 Å². The lowest BCUT2D eigenvalue weighted by Crippen LogP contribution is -2.02. The zero-order valence-electron chi connectivity index (χ0n) is 13.8. The second-order valence-electron chi connectivity index (χ2n) is 3.67. The highest BCUT2D eigenvalue weighted by Gasteiger charge is 2.02. The van der Waals surface area contributed by atoms with Gasteiger partial charge in [0.25, 0.3) is 0 Å². The maximum absolute atomic E-state index is 13.2. The van der Waals surface area contributed by atoms with Crippen LogP contribution >= 0.6 is 15.9 Å². The quantitative estimate of drug-likeness (QED) is 0.705. The van der Waals surface area contributed by atoms with Crippen LogP contribution in [0.2, 0.25) is 0 Å². The van der Waals surface area contributed by atoms with Crippen molar-refractivity contribution in [3.63, 3.8) is 0 Å². The average Bonchev–Trinajstić information content (AvgIpc) is 2.60. The fourth-order valence-electron chi connectivity index (χ4n) is 1.45. The lowest BCUT2D eigenvalue weighted by atomic mass is 10.2. The molecule has 0 aliphatic rings. The summed E-state index contributed by atoms with van der Waals surface area (Å²) >= 11 is 3.06. The van der Waals surface area contributed by atoms with E-state index >= 15 is 0 Å². The molecular formula is C17H24BrFN2O. The standard InChI is InChI=1S/C13H12BrFN2O.2C2H6/c1-18-10-4-2-9(3-5-10)8-16-12-7-6-11(14)13(15)17-12;2*1-2/h2-7H,8H2,1H3,(H,16,17);2*1-2H3. The van der Waals surface area contributed by atoms with Crippen molar-refractivity contribution in [2.75, 3.05) is 12.4 Å². The summed E-state index contributed by atoms with van der Waals surface area (Å²) in [5.41, 5.74) is 1.07. The van der Waals surface area contributed by atoms with Gasteiger partial charge >= 0.3 is 0 Å². The summed E-state index contributed by atoms with van der Waals surface area (Å²) < 4.78 is 18.6. The van der Waals surface area contributed by atoms with Crippen LogP contribution in [0.4, 0.5) is 10.2 Å². The second-order valence-corrected chi connectivity index (χ2v) is 4.53. The molecular weight excluding hydrogens is 347 g/mol. The molecule has 1 aromatic carbocycles. The Morgan fingerprint density at radius 3 is 2.14 bits per heavy atom. The highest BCUT2D eigenvalue weighted by atomic mass is 79.9. The summed E-state index contributed by atoms with van der Waals surface area (Å²) in [6, 6.07) is 11.0. The smallest absolute Gasteiger partial charge is 0.229 e. The molecule has 0 atom stereocenters. The normalized spacial score (nSPS) is 8.86. The molecule has 1 N–H and O–H groups in total. The minimum atomic E-state index is -0.519. The van der Waals surface area contributed by atoms with E-state index in [9.17, 15) is 4.39 Å². The molecule has 3 nitrogen and oxygen atoms in total. The number of nitrogens with zero attached hydrogens (tertiary/aromatic N) is 1. The van der Waals surface area contributed by atoms with E-state index in [0.717, 1.165) is 11.3 Å². The minimum Gasteiger partial charge on any atom is -0.497 e. The number of benzene rings is 1.